The molecule has 0 saturated carbocycles. The van der Waals surface area contributed by atoms with Crippen LogP contribution >= 0.6 is 47.0 Å². The molecular weight excluding hydrogens is 443 g/mol. The summed E-state index contributed by atoms with van der Waals surface area (Å²) in [5.41, 5.74) is 0. The molecule has 1 unspecified atom stereocenters. The SMILES string of the molecule is CCSC(=O)C([S+](C)C)C1(SCC)C(SCC)=C1SCC.F[B-](F)(F)F. The van der Waals surface area contributed by atoms with E-state index >= 15 is 0 Å². The van der Waals surface area contributed by atoms with Gasteiger partial charge in [-0.15, -0.1) is 35.3 Å². The van der Waals surface area contributed by atoms with Crippen LogP contribution in [-0.4, -0.2) is 57.9 Å². The van der Waals surface area contributed by atoms with E-state index in [1.807, 2.05) is 35.3 Å². The summed E-state index contributed by atoms with van der Waals surface area (Å²) in [4.78, 5) is 15.8. The van der Waals surface area contributed by atoms with Crippen molar-refractivity contribution in [3.8, 4) is 0 Å². The minimum Gasteiger partial charge on any atom is -0.418 e. The molecule has 26 heavy (non-hydrogen) atoms. The summed E-state index contributed by atoms with van der Waals surface area (Å²) in [5.74, 6) is 4.14. The summed E-state index contributed by atoms with van der Waals surface area (Å²) in [6.45, 7) is 8.71. The summed E-state index contributed by atoms with van der Waals surface area (Å²) < 4.78 is 39.0. The van der Waals surface area contributed by atoms with Crippen LogP contribution in [0, 0.1) is 0 Å². The summed E-state index contributed by atoms with van der Waals surface area (Å²) in [7, 11) is -5.90. The lowest BCUT2D eigenvalue weighted by molar-refractivity contribution is -0.110. The van der Waals surface area contributed by atoms with Crippen molar-refractivity contribution in [1.82, 2.24) is 0 Å². The Kier molecular flexibility index (Phi) is 12.9. The predicted octanol–water partition coefficient (Wildman–Crippen LogP) is 6.04. The number of thioether (sulfide) groups is 4. The number of halogens is 4. The Morgan fingerprint density at radius 2 is 1.38 bits per heavy atom. The standard InChI is InChI=1S/C15H27OS5.BF4/c1-7-17-11-12(18-8-2)15(11,20-10-4)13(21(5)6)14(16)19-9-3;2-1(3,4)5/h13H,7-10H2,1-6H3;/q+1;-1. The molecule has 1 atom stereocenters. The molecule has 0 amide bonds. The molecule has 1 rings (SSSR count). The van der Waals surface area contributed by atoms with Gasteiger partial charge in [0, 0.05) is 9.81 Å². The van der Waals surface area contributed by atoms with Crippen molar-refractivity contribution < 1.29 is 22.1 Å². The van der Waals surface area contributed by atoms with E-state index in [1.54, 1.807) is 0 Å². The van der Waals surface area contributed by atoms with Gasteiger partial charge < -0.3 is 17.3 Å². The molecule has 0 fully saturated rings. The van der Waals surface area contributed by atoms with Crippen molar-refractivity contribution in [2.75, 3.05) is 35.5 Å². The van der Waals surface area contributed by atoms with E-state index in [0.717, 1.165) is 23.0 Å². The molecule has 11 heteroatoms. The van der Waals surface area contributed by atoms with Crippen molar-refractivity contribution >= 4 is 70.3 Å². The largest absolute Gasteiger partial charge is 0.673 e. The Balaban J connectivity index is 0.00000110. The van der Waals surface area contributed by atoms with Crippen molar-refractivity contribution in [3.63, 3.8) is 0 Å². The van der Waals surface area contributed by atoms with E-state index in [1.165, 1.54) is 21.6 Å². The molecular formula is C15H27BF4OS5. The van der Waals surface area contributed by atoms with Crippen LogP contribution in [0.4, 0.5) is 17.3 Å². The first-order valence-electron chi connectivity index (χ1n) is 8.26. The van der Waals surface area contributed by atoms with Gasteiger partial charge in [0.05, 0.1) is 12.5 Å². The number of hydrogen-bond donors (Lipinski definition) is 0. The molecule has 0 bridgehead atoms. The van der Waals surface area contributed by atoms with Crippen LogP contribution in [0.15, 0.2) is 9.81 Å². The fourth-order valence-electron chi connectivity index (χ4n) is 2.45. The van der Waals surface area contributed by atoms with Gasteiger partial charge in [0.15, 0.2) is 0 Å². The normalized spacial score (nSPS) is 17.0. The summed E-state index contributed by atoms with van der Waals surface area (Å²) in [6, 6.07) is 0. The van der Waals surface area contributed by atoms with E-state index in [0.29, 0.717) is 5.12 Å². The second-order valence-corrected chi connectivity index (χ2v) is 12.8. The monoisotopic (exact) mass is 470 g/mol. The summed E-state index contributed by atoms with van der Waals surface area (Å²) >= 11 is 7.41. The maximum atomic E-state index is 12.8. The maximum Gasteiger partial charge on any atom is 0.673 e. The van der Waals surface area contributed by atoms with Crippen LogP contribution in [0.3, 0.4) is 0 Å². The average molecular weight is 471 g/mol. The van der Waals surface area contributed by atoms with E-state index in [9.17, 15) is 22.1 Å². The van der Waals surface area contributed by atoms with Gasteiger partial charge in [-0.3, -0.25) is 4.79 Å². The molecule has 154 valence electrons. The van der Waals surface area contributed by atoms with Gasteiger partial charge in [0.2, 0.25) is 10.4 Å². The van der Waals surface area contributed by atoms with Gasteiger partial charge in [0.25, 0.3) is 0 Å². The van der Waals surface area contributed by atoms with Crippen LogP contribution < -0.4 is 0 Å². The number of carbonyl (C=O) groups excluding carboxylic acids is 1. The Hall–Kier alpha value is 0.945. The molecule has 0 spiro atoms. The molecule has 0 heterocycles. The first-order chi connectivity index (χ1) is 12.0. The van der Waals surface area contributed by atoms with Crippen molar-refractivity contribution in [2.24, 2.45) is 0 Å². The Morgan fingerprint density at radius 1 is 0.962 bits per heavy atom. The van der Waals surface area contributed by atoms with Crippen LogP contribution in [0.25, 0.3) is 0 Å². The van der Waals surface area contributed by atoms with Gasteiger partial charge in [-0.2, -0.15) is 0 Å². The second-order valence-electron chi connectivity index (χ2n) is 5.20. The van der Waals surface area contributed by atoms with Gasteiger partial charge in [-0.05, 0) is 33.9 Å². The third kappa shape index (κ3) is 8.13. The lowest BCUT2D eigenvalue weighted by Gasteiger charge is -2.25. The Bertz CT molecular complexity index is 463. The molecule has 0 N–H and O–H groups in total. The number of carbonyl (C=O) groups is 1. The molecule has 0 aromatic heterocycles. The molecule has 0 saturated heterocycles. The predicted molar refractivity (Wildman–Crippen MR) is 120 cm³/mol. The third-order valence-electron chi connectivity index (χ3n) is 3.11. The van der Waals surface area contributed by atoms with Crippen molar-refractivity contribution in [3.05, 3.63) is 9.81 Å². The van der Waals surface area contributed by atoms with E-state index < -0.39 is 7.25 Å². The minimum atomic E-state index is -6.00. The quantitative estimate of drug-likeness (QED) is 0.219. The molecule has 0 aromatic rings. The molecule has 0 aromatic carbocycles. The lowest BCUT2D eigenvalue weighted by Crippen LogP contribution is -2.42. The van der Waals surface area contributed by atoms with E-state index in [-0.39, 0.29) is 20.9 Å². The fourth-order valence-corrected chi connectivity index (χ4v) is 10.4. The number of rotatable bonds is 10. The zero-order valence-corrected chi connectivity index (χ0v) is 20.0. The number of hydrogen-bond acceptors (Lipinski definition) is 5. The van der Waals surface area contributed by atoms with Gasteiger partial charge >= 0.3 is 7.25 Å². The summed E-state index contributed by atoms with van der Waals surface area (Å²) in [5, 5.41) is 0.545. The highest BCUT2D eigenvalue weighted by atomic mass is 32.2. The molecule has 1 aliphatic rings. The zero-order valence-electron chi connectivity index (χ0n) is 15.9. The van der Waals surface area contributed by atoms with Gasteiger partial charge in [0.1, 0.15) is 4.75 Å². The molecule has 0 radical (unpaired) electrons. The molecule has 1 nitrogen and oxygen atoms in total. The fraction of sp³-hybridized carbons (Fsp3) is 0.800. The second kappa shape index (κ2) is 12.5. The molecule has 0 aliphatic heterocycles. The Morgan fingerprint density at radius 3 is 1.65 bits per heavy atom. The van der Waals surface area contributed by atoms with Crippen LogP contribution in [-0.2, 0) is 15.7 Å². The minimum absolute atomic E-state index is 0.0158. The maximum absolute atomic E-state index is 12.8. The highest BCUT2D eigenvalue weighted by Crippen LogP contribution is 2.67. The zero-order chi connectivity index (χ0) is 20.5. The topological polar surface area (TPSA) is 17.1 Å². The van der Waals surface area contributed by atoms with Gasteiger partial charge in [-0.25, -0.2) is 0 Å². The van der Waals surface area contributed by atoms with Crippen molar-refractivity contribution in [1.29, 1.82) is 0 Å². The summed E-state index contributed by atoms with van der Waals surface area (Å²) in [6.07, 6.45) is 4.47. The molecule has 1 aliphatic carbocycles. The van der Waals surface area contributed by atoms with Gasteiger partial charge in [-0.1, -0.05) is 39.5 Å². The highest BCUT2D eigenvalue weighted by Gasteiger charge is 2.66. The lowest BCUT2D eigenvalue weighted by atomic mass is 10.2. The third-order valence-corrected chi connectivity index (χ3v) is 9.71. The van der Waals surface area contributed by atoms with Crippen LogP contribution in [0.1, 0.15) is 27.7 Å². The van der Waals surface area contributed by atoms with Crippen LogP contribution in [0.5, 0.6) is 0 Å². The van der Waals surface area contributed by atoms with E-state index in [4.69, 9.17) is 0 Å². The van der Waals surface area contributed by atoms with Crippen molar-refractivity contribution in [2.45, 2.75) is 37.7 Å². The Labute approximate surface area is 174 Å². The first kappa shape index (κ1) is 26.9. The first-order valence-corrected chi connectivity index (χ1v) is 14.3. The average Bonchev–Trinajstić information content (AvgIpc) is 3.04. The highest BCUT2D eigenvalue weighted by molar-refractivity contribution is 8.17. The van der Waals surface area contributed by atoms with Crippen LogP contribution in [0.2, 0.25) is 0 Å². The smallest absolute Gasteiger partial charge is 0.418 e. The van der Waals surface area contributed by atoms with E-state index in [2.05, 4.69) is 40.2 Å².